The van der Waals surface area contributed by atoms with Crippen LogP contribution in [0.1, 0.15) is 19.2 Å². The van der Waals surface area contributed by atoms with Crippen LogP contribution in [0.3, 0.4) is 0 Å². The summed E-state index contributed by atoms with van der Waals surface area (Å²) < 4.78 is 16.2. The van der Waals surface area contributed by atoms with Crippen molar-refractivity contribution in [3.63, 3.8) is 0 Å². The Labute approximate surface area is 163 Å². The topological polar surface area (TPSA) is 86.5 Å². The maximum Gasteiger partial charge on any atom is 0.227 e. The predicted molar refractivity (Wildman–Crippen MR) is 104 cm³/mol. The molecule has 146 valence electrons. The van der Waals surface area contributed by atoms with Crippen LogP contribution in [-0.2, 0) is 11.2 Å². The Hall–Kier alpha value is -3.35. The van der Waals surface area contributed by atoms with Crippen LogP contribution < -0.4 is 14.8 Å². The molecular weight excluding hydrogens is 358 g/mol. The molecule has 0 unspecified atom stereocenters. The lowest BCUT2D eigenvalue weighted by Crippen LogP contribution is -2.28. The third-order valence-corrected chi connectivity index (χ3v) is 3.89. The van der Waals surface area contributed by atoms with Gasteiger partial charge < -0.3 is 19.3 Å². The number of aryl methyl sites for hydroxylation is 1. The number of amides is 1. The van der Waals surface area contributed by atoms with E-state index in [4.69, 9.17) is 14.0 Å². The van der Waals surface area contributed by atoms with Crippen LogP contribution in [-0.4, -0.2) is 35.8 Å². The van der Waals surface area contributed by atoms with Crippen LogP contribution in [0.2, 0.25) is 0 Å². The zero-order valence-electron chi connectivity index (χ0n) is 15.8. The Morgan fingerprint density at radius 3 is 2.46 bits per heavy atom. The number of benzene rings is 2. The average molecular weight is 381 g/mol. The van der Waals surface area contributed by atoms with Gasteiger partial charge in [-0.25, -0.2) is 0 Å². The summed E-state index contributed by atoms with van der Waals surface area (Å²) in [5.74, 6) is 2.42. The molecule has 0 saturated heterocycles. The first-order valence-corrected chi connectivity index (χ1v) is 9.25. The summed E-state index contributed by atoms with van der Waals surface area (Å²) in [4.78, 5) is 16.3. The molecule has 0 aliphatic heterocycles. The van der Waals surface area contributed by atoms with Gasteiger partial charge in [0.05, 0.1) is 13.2 Å². The monoisotopic (exact) mass is 381 g/mol. The third kappa shape index (κ3) is 5.84. The van der Waals surface area contributed by atoms with Crippen molar-refractivity contribution in [1.29, 1.82) is 0 Å². The fraction of sp³-hybridized carbons (Fsp3) is 0.286. The molecule has 1 heterocycles. The zero-order chi connectivity index (χ0) is 19.6. The predicted octanol–water partition coefficient (Wildman–Crippen LogP) is 3.26. The minimum absolute atomic E-state index is 0.0882. The number of hydrogen-bond acceptors (Lipinski definition) is 6. The Morgan fingerprint density at radius 2 is 1.75 bits per heavy atom. The molecule has 1 aromatic heterocycles. The number of carbonyl (C=O) groups is 1. The minimum atomic E-state index is -0.0882. The van der Waals surface area contributed by atoms with E-state index in [1.54, 1.807) is 0 Å². The van der Waals surface area contributed by atoms with Crippen LogP contribution in [0.4, 0.5) is 0 Å². The Kier molecular flexibility index (Phi) is 7.01. The van der Waals surface area contributed by atoms with Gasteiger partial charge >= 0.3 is 0 Å². The van der Waals surface area contributed by atoms with Crippen molar-refractivity contribution in [3.05, 3.63) is 60.5 Å². The largest absolute Gasteiger partial charge is 0.494 e. The van der Waals surface area contributed by atoms with E-state index in [-0.39, 0.29) is 12.3 Å². The highest BCUT2D eigenvalue weighted by molar-refractivity contribution is 5.76. The summed E-state index contributed by atoms with van der Waals surface area (Å²) in [6.07, 6.45) is 0.672. The molecule has 2 aromatic carbocycles. The van der Waals surface area contributed by atoms with Crippen molar-refractivity contribution in [3.8, 4) is 22.9 Å². The van der Waals surface area contributed by atoms with Crippen LogP contribution in [0.25, 0.3) is 11.4 Å². The van der Waals surface area contributed by atoms with Gasteiger partial charge in [-0.15, -0.1) is 0 Å². The number of aromatic nitrogens is 2. The number of nitrogens with zero attached hydrogens (tertiary/aromatic N) is 2. The van der Waals surface area contributed by atoms with Gasteiger partial charge in [0.25, 0.3) is 0 Å². The van der Waals surface area contributed by atoms with Crippen LogP contribution in [0, 0.1) is 0 Å². The summed E-state index contributed by atoms with van der Waals surface area (Å²) in [7, 11) is 0. The summed E-state index contributed by atoms with van der Waals surface area (Å²) in [5, 5.41) is 6.76. The lowest BCUT2D eigenvalue weighted by Gasteiger charge is -2.08. The first kappa shape index (κ1) is 19.4. The number of nitrogens with one attached hydrogen (secondary N) is 1. The average Bonchev–Trinajstić information content (AvgIpc) is 3.21. The molecule has 0 saturated carbocycles. The van der Waals surface area contributed by atoms with Crippen molar-refractivity contribution in [2.75, 3.05) is 19.8 Å². The quantitative estimate of drug-likeness (QED) is 0.543. The van der Waals surface area contributed by atoms with Crippen LogP contribution in [0.15, 0.2) is 59.1 Å². The van der Waals surface area contributed by atoms with Crippen LogP contribution in [0.5, 0.6) is 11.5 Å². The molecule has 1 amide bonds. The highest BCUT2D eigenvalue weighted by Crippen LogP contribution is 2.17. The van der Waals surface area contributed by atoms with E-state index in [9.17, 15) is 4.79 Å². The summed E-state index contributed by atoms with van der Waals surface area (Å²) >= 11 is 0. The molecule has 0 bridgehead atoms. The van der Waals surface area contributed by atoms with Gasteiger partial charge in [0.15, 0.2) is 0 Å². The minimum Gasteiger partial charge on any atom is -0.494 e. The number of hydrogen-bond donors (Lipinski definition) is 1. The molecular formula is C21H23N3O4. The molecule has 1 N–H and O–H groups in total. The van der Waals surface area contributed by atoms with Crippen molar-refractivity contribution < 1.29 is 18.8 Å². The number of rotatable bonds is 10. The second kappa shape index (κ2) is 10.1. The second-order valence-electron chi connectivity index (χ2n) is 5.98. The molecule has 0 radical (unpaired) electrons. The fourth-order valence-electron chi connectivity index (χ4n) is 2.53. The molecule has 7 heteroatoms. The standard InChI is InChI=1S/C21H23N3O4/c1-2-26-17-8-10-18(11-9-17)27-15-14-22-19(25)12-13-20-23-21(24-28-20)16-6-4-3-5-7-16/h3-11H,2,12-15H2,1H3,(H,22,25). The molecule has 0 spiro atoms. The Morgan fingerprint density at radius 1 is 1.04 bits per heavy atom. The van der Waals surface area contributed by atoms with Gasteiger partial charge in [0.2, 0.25) is 17.6 Å². The third-order valence-electron chi connectivity index (χ3n) is 3.89. The van der Waals surface area contributed by atoms with Crippen LogP contribution >= 0.6 is 0 Å². The Balaban J connectivity index is 1.34. The lowest BCUT2D eigenvalue weighted by atomic mass is 10.2. The van der Waals surface area contributed by atoms with E-state index in [0.29, 0.717) is 37.9 Å². The highest BCUT2D eigenvalue weighted by Gasteiger charge is 2.10. The zero-order valence-corrected chi connectivity index (χ0v) is 15.8. The molecule has 0 fully saturated rings. The maximum atomic E-state index is 11.9. The first-order chi connectivity index (χ1) is 13.7. The molecule has 3 aromatic rings. The molecule has 0 atom stereocenters. The van der Waals surface area contributed by atoms with Crippen molar-refractivity contribution >= 4 is 5.91 Å². The molecule has 7 nitrogen and oxygen atoms in total. The summed E-state index contributed by atoms with van der Waals surface area (Å²) in [5.41, 5.74) is 0.883. The van der Waals surface area contributed by atoms with Gasteiger partial charge in [-0.05, 0) is 31.2 Å². The van der Waals surface area contributed by atoms with Gasteiger partial charge in [-0.1, -0.05) is 35.5 Å². The fourth-order valence-corrected chi connectivity index (χ4v) is 2.53. The summed E-state index contributed by atoms with van der Waals surface area (Å²) in [6, 6.07) is 16.9. The van der Waals surface area contributed by atoms with E-state index >= 15 is 0 Å². The molecule has 28 heavy (non-hydrogen) atoms. The van der Waals surface area contributed by atoms with E-state index in [2.05, 4.69) is 15.5 Å². The lowest BCUT2D eigenvalue weighted by molar-refractivity contribution is -0.121. The first-order valence-electron chi connectivity index (χ1n) is 9.25. The molecule has 0 aliphatic carbocycles. The van der Waals surface area contributed by atoms with E-state index in [1.165, 1.54) is 0 Å². The maximum absolute atomic E-state index is 11.9. The smallest absolute Gasteiger partial charge is 0.227 e. The highest BCUT2D eigenvalue weighted by atomic mass is 16.5. The van der Waals surface area contributed by atoms with E-state index < -0.39 is 0 Å². The normalized spacial score (nSPS) is 10.5. The van der Waals surface area contributed by atoms with E-state index in [0.717, 1.165) is 17.1 Å². The number of carbonyl (C=O) groups excluding carboxylic acids is 1. The van der Waals surface area contributed by atoms with Crippen molar-refractivity contribution in [2.24, 2.45) is 0 Å². The number of ether oxygens (including phenoxy) is 2. The van der Waals surface area contributed by atoms with Gasteiger partial charge in [0, 0.05) is 18.4 Å². The van der Waals surface area contributed by atoms with Gasteiger partial charge in [0.1, 0.15) is 18.1 Å². The molecule has 3 rings (SSSR count). The summed E-state index contributed by atoms with van der Waals surface area (Å²) in [6.45, 7) is 3.38. The van der Waals surface area contributed by atoms with Crippen molar-refractivity contribution in [2.45, 2.75) is 19.8 Å². The van der Waals surface area contributed by atoms with E-state index in [1.807, 2.05) is 61.5 Å². The van der Waals surface area contributed by atoms with Gasteiger partial charge in [-0.3, -0.25) is 4.79 Å². The van der Waals surface area contributed by atoms with Crippen molar-refractivity contribution in [1.82, 2.24) is 15.5 Å². The van der Waals surface area contributed by atoms with Gasteiger partial charge in [-0.2, -0.15) is 4.98 Å². The molecule has 0 aliphatic rings. The second-order valence-corrected chi connectivity index (χ2v) is 5.98. The Bertz CT molecular complexity index is 863. The SMILES string of the molecule is CCOc1ccc(OCCNC(=O)CCc2nc(-c3ccccc3)no2)cc1.